The monoisotopic (exact) mass is 370 g/mol. The zero-order valence-corrected chi connectivity index (χ0v) is 13.7. The lowest BCUT2D eigenvalue weighted by atomic mass is 10.2. The molecular weight excluding hydrogens is 360 g/mol. The van der Waals surface area contributed by atoms with E-state index in [1.807, 2.05) is 41.0 Å². The summed E-state index contributed by atoms with van der Waals surface area (Å²) < 4.78 is 13.8. The molecule has 0 amide bonds. The van der Waals surface area contributed by atoms with E-state index in [1.165, 1.54) is 0 Å². The van der Waals surface area contributed by atoms with Crippen LogP contribution in [0.5, 0.6) is 5.75 Å². The van der Waals surface area contributed by atoms with Gasteiger partial charge in [0.15, 0.2) is 5.58 Å². The second kappa shape index (κ2) is 5.51. The Kier molecular flexibility index (Phi) is 3.34. The molecule has 114 valence electrons. The highest BCUT2D eigenvalue weighted by Crippen LogP contribution is 2.33. The zero-order chi connectivity index (χ0) is 15.8. The molecule has 0 saturated carbocycles. The Balaban J connectivity index is 1.83. The zero-order valence-electron chi connectivity index (χ0n) is 12.1. The van der Waals surface area contributed by atoms with Crippen LogP contribution >= 0.6 is 15.9 Å². The highest BCUT2D eigenvalue weighted by atomic mass is 79.9. The smallest absolute Gasteiger partial charge is 0.227 e. The molecule has 7 heteroatoms. The third-order valence-corrected chi connectivity index (χ3v) is 4.05. The summed E-state index contributed by atoms with van der Waals surface area (Å²) in [5, 5.41) is 7.64. The van der Waals surface area contributed by atoms with E-state index >= 15 is 0 Å². The van der Waals surface area contributed by atoms with Gasteiger partial charge in [0.2, 0.25) is 5.89 Å². The Hall–Kier alpha value is -2.67. The van der Waals surface area contributed by atoms with E-state index in [9.17, 15) is 0 Å². The van der Waals surface area contributed by atoms with Crippen LogP contribution in [0.1, 0.15) is 0 Å². The maximum atomic E-state index is 5.90. The predicted octanol–water partition coefficient (Wildman–Crippen LogP) is 3.85. The van der Waals surface area contributed by atoms with Crippen molar-refractivity contribution in [3.63, 3.8) is 0 Å². The van der Waals surface area contributed by atoms with Crippen LogP contribution in [-0.4, -0.2) is 26.9 Å². The lowest BCUT2D eigenvalue weighted by Crippen LogP contribution is -1.90. The molecule has 4 rings (SSSR count). The number of nitrogens with zero attached hydrogens (tertiary/aromatic N) is 4. The first-order valence-electron chi connectivity index (χ1n) is 6.84. The number of aromatic nitrogens is 4. The average molecular weight is 371 g/mol. The Morgan fingerprint density at radius 3 is 2.74 bits per heavy atom. The normalized spacial score (nSPS) is 11.0. The van der Waals surface area contributed by atoms with Gasteiger partial charge in [-0.05, 0) is 40.2 Å². The number of benzene rings is 2. The molecule has 0 fully saturated rings. The minimum absolute atomic E-state index is 0.545. The lowest BCUT2D eigenvalue weighted by Gasteiger charge is -2.02. The molecule has 6 nitrogen and oxygen atoms in total. The molecule has 0 spiro atoms. The van der Waals surface area contributed by atoms with Crippen LogP contribution < -0.4 is 4.74 Å². The van der Waals surface area contributed by atoms with Crippen LogP contribution in [0.2, 0.25) is 0 Å². The van der Waals surface area contributed by atoms with Crippen molar-refractivity contribution in [3.05, 3.63) is 53.5 Å². The Morgan fingerprint density at radius 1 is 1.13 bits per heavy atom. The second-order valence-corrected chi connectivity index (χ2v) is 5.75. The number of halogens is 1. The van der Waals surface area contributed by atoms with Crippen molar-refractivity contribution in [2.24, 2.45) is 0 Å². The maximum absolute atomic E-state index is 5.90. The number of rotatable bonds is 3. The number of oxazole rings is 1. The van der Waals surface area contributed by atoms with Crippen molar-refractivity contribution in [2.45, 2.75) is 0 Å². The number of fused-ring (bicyclic) bond motifs is 1. The molecule has 4 aromatic rings. The Labute approximate surface area is 139 Å². The van der Waals surface area contributed by atoms with E-state index in [2.05, 4.69) is 31.1 Å². The quantitative estimate of drug-likeness (QED) is 0.547. The van der Waals surface area contributed by atoms with E-state index in [0.717, 1.165) is 27.0 Å². The molecule has 0 aliphatic carbocycles. The molecule has 0 bridgehead atoms. The molecule has 0 aliphatic rings. The van der Waals surface area contributed by atoms with E-state index < -0.39 is 0 Å². The highest BCUT2D eigenvalue weighted by Gasteiger charge is 2.13. The molecule has 0 N–H and O–H groups in total. The summed E-state index contributed by atoms with van der Waals surface area (Å²) in [6, 6.07) is 11.5. The van der Waals surface area contributed by atoms with Crippen molar-refractivity contribution in [2.75, 3.05) is 7.11 Å². The van der Waals surface area contributed by atoms with E-state index in [0.29, 0.717) is 11.5 Å². The van der Waals surface area contributed by atoms with Gasteiger partial charge < -0.3 is 9.15 Å². The topological polar surface area (TPSA) is 66.0 Å². The first-order valence-corrected chi connectivity index (χ1v) is 7.63. The molecule has 2 aromatic heterocycles. The largest absolute Gasteiger partial charge is 0.497 e. The summed E-state index contributed by atoms with van der Waals surface area (Å²) in [5.41, 5.74) is 3.24. The summed E-state index contributed by atoms with van der Waals surface area (Å²) in [4.78, 5) is 4.56. The summed E-state index contributed by atoms with van der Waals surface area (Å²) in [6.45, 7) is 0. The van der Waals surface area contributed by atoms with Gasteiger partial charge in [-0.2, -0.15) is 0 Å². The van der Waals surface area contributed by atoms with E-state index in [4.69, 9.17) is 9.15 Å². The lowest BCUT2D eigenvalue weighted by molar-refractivity contribution is 0.415. The third-order valence-electron chi connectivity index (χ3n) is 3.46. The minimum Gasteiger partial charge on any atom is -0.497 e. The van der Waals surface area contributed by atoms with Crippen LogP contribution in [0, 0.1) is 0 Å². The molecule has 0 atom stereocenters. The second-order valence-electron chi connectivity index (χ2n) is 4.90. The van der Waals surface area contributed by atoms with Crippen molar-refractivity contribution >= 4 is 27.0 Å². The van der Waals surface area contributed by atoms with Crippen LogP contribution in [0.4, 0.5) is 0 Å². The molecule has 2 aromatic carbocycles. The molecule has 0 saturated heterocycles. The fourth-order valence-electron chi connectivity index (χ4n) is 2.34. The minimum atomic E-state index is 0.545. The number of ether oxygens (including phenoxy) is 1. The summed E-state index contributed by atoms with van der Waals surface area (Å²) in [7, 11) is 1.62. The van der Waals surface area contributed by atoms with Gasteiger partial charge in [-0.3, -0.25) is 4.57 Å². The Morgan fingerprint density at radius 2 is 1.96 bits per heavy atom. The van der Waals surface area contributed by atoms with Crippen molar-refractivity contribution in [1.29, 1.82) is 0 Å². The standard InChI is InChI=1S/C16H11BrN4O2/c1-22-12-6-13(17)15-14(7-12)20-16(23-15)10-3-2-4-11(5-10)21-8-18-19-9-21/h2-9H,1H3. The van der Waals surface area contributed by atoms with E-state index in [-0.39, 0.29) is 0 Å². The van der Waals surface area contributed by atoms with Crippen molar-refractivity contribution in [3.8, 4) is 22.9 Å². The fraction of sp³-hybridized carbons (Fsp3) is 0.0625. The first kappa shape index (κ1) is 14.0. The molecule has 0 radical (unpaired) electrons. The first-order chi connectivity index (χ1) is 11.2. The SMILES string of the molecule is COc1cc(Br)c2oc(-c3cccc(-n4cnnc4)c3)nc2c1. The Bertz CT molecular complexity index is 979. The summed E-state index contributed by atoms with van der Waals surface area (Å²) in [6.07, 6.45) is 3.29. The molecule has 0 unspecified atom stereocenters. The van der Waals surface area contributed by atoms with Gasteiger partial charge in [0.25, 0.3) is 0 Å². The maximum Gasteiger partial charge on any atom is 0.227 e. The summed E-state index contributed by atoms with van der Waals surface area (Å²) >= 11 is 3.49. The van der Waals surface area contributed by atoms with Gasteiger partial charge in [-0.1, -0.05) is 6.07 Å². The molecule has 23 heavy (non-hydrogen) atoms. The average Bonchev–Trinajstić information content (AvgIpc) is 3.24. The summed E-state index contributed by atoms with van der Waals surface area (Å²) in [5.74, 6) is 1.27. The van der Waals surface area contributed by atoms with Crippen LogP contribution in [0.3, 0.4) is 0 Å². The highest BCUT2D eigenvalue weighted by molar-refractivity contribution is 9.10. The van der Waals surface area contributed by atoms with Gasteiger partial charge in [0.05, 0.1) is 11.6 Å². The predicted molar refractivity (Wildman–Crippen MR) is 88.6 cm³/mol. The van der Waals surface area contributed by atoms with Gasteiger partial charge in [0.1, 0.15) is 23.9 Å². The van der Waals surface area contributed by atoms with E-state index in [1.54, 1.807) is 19.8 Å². The number of hydrogen-bond donors (Lipinski definition) is 0. The van der Waals surface area contributed by atoms with Crippen LogP contribution in [0.25, 0.3) is 28.2 Å². The molecule has 0 aliphatic heterocycles. The van der Waals surface area contributed by atoms with Gasteiger partial charge >= 0.3 is 0 Å². The van der Waals surface area contributed by atoms with Crippen LogP contribution in [-0.2, 0) is 0 Å². The molecule has 2 heterocycles. The fourth-order valence-corrected chi connectivity index (χ4v) is 2.85. The number of hydrogen-bond acceptors (Lipinski definition) is 5. The van der Waals surface area contributed by atoms with Crippen molar-refractivity contribution in [1.82, 2.24) is 19.7 Å². The number of methoxy groups -OCH3 is 1. The van der Waals surface area contributed by atoms with Gasteiger partial charge in [-0.15, -0.1) is 10.2 Å². The third kappa shape index (κ3) is 2.49. The van der Waals surface area contributed by atoms with Crippen molar-refractivity contribution < 1.29 is 9.15 Å². The van der Waals surface area contributed by atoms with Crippen LogP contribution in [0.15, 0.2) is 57.9 Å². The molecular formula is C16H11BrN4O2. The van der Waals surface area contributed by atoms with Gasteiger partial charge in [-0.25, -0.2) is 4.98 Å². The van der Waals surface area contributed by atoms with Gasteiger partial charge in [0, 0.05) is 17.3 Å².